The van der Waals surface area contributed by atoms with Crippen LogP contribution in [-0.2, 0) is 6.54 Å². The highest BCUT2D eigenvalue weighted by Crippen LogP contribution is 2.24. The molecule has 0 atom stereocenters. The number of aliphatic hydroxyl groups is 1. The zero-order valence-electron chi connectivity index (χ0n) is 11.8. The molecule has 1 heterocycles. The molecule has 4 heteroatoms. The summed E-state index contributed by atoms with van der Waals surface area (Å²) >= 11 is 0. The van der Waals surface area contributed by atoms with Gasteiger partial charge in [-0.2, -0.15) is 0 Å². The quantitative estimate of drug-likeness (QED) is 0.792. The summed E-state index contributed by atoms with van der Waals surface area (Å²) in [7, 11) is 0. The summed E-state index contributed by atoms with van der Waals surface area (Å²) in [5.41, 5.74) is 2.21. The second-order valence-electron chi connectivity index (χ2n) is 5.20. The van der Waals surface area contributed by atoms with E-state index in [4.69, 9.17) is 0 Å². The van der Waals surface area contributed by atoms with E-state index in [0.29, 0.717) is 6.04 Å². The smallest absolute Gasteiger partial charge is 0.0564 e. The summed E-state index contributed by atoms with van der Waals surface area (Å²) in [5.74, 6) is 0. The fourth-order valence-electron chi connectivity index (χ4n) is 2.88. The Hall–Kier alpha value is -1.13. The molecule has 106 valence electrons. The molecule has 0 aromatic carbocycles. The van der Waals surface area contributed by atoms with Gasteiger partial charge in [-0.1, -0.05) is 12.8 Å². The van der Waals surface area contributed by atoms with E-state index in [1.807, 2.05) is 12.3 Å². The van der Waals surface area contributed by atoms with E-state index in [1.165, 1.54) is 25.7 Å². The molecule has 2 rings (SSSR count). The monoisotopic (exact) mass is 263 g/mol. The van der Waals surface area contributed by atoms with Crippen LogP contribution in [0.5, 0.6) is 0 Å². The fourth-order valence-corrected chi connectivity index (χ4v) is 2.88. The topological polar surface area (TPSA) is 48.4 Å². The molecule has 1 saturated carbocycles. The SMILES string of the molecule is CCNc1ccnc(CN(CCO)C2CCCC2)c1. The summed E-state index contributed by atoms with van der Waals surface area (Å²) in [6.07, 6.45) is 7.01. The van der Waals surface area contributed by atoms with Crippen molar-refractivity contribution < 1.29 is 5.11 Å². The molecule has 1 aliphatic carbocycles. The van der Waals surface area contributed by atoms with Gasteiger partial charge in [-0.3, -0.25) is 9.88 Å². The normalized spacial score (nSPS) is 16.2. The minimum Gasteiger partial charge on any atom is -0.395 e. The highest BCUT2D eigenvalue weighted by Gasteiger charge is 2.22. The van der Waals surface area contributed by atoms with Gasteiger partial charge in [-0.05, 0) is 31.9 Å². The maximum absolute atomic E-state index is 9.24. The fraction of sp³-hybridized carbons (Fsp3) is 0.667. The van der Waals surface area contributed by atoms with Gasteiger partial charge in [0.25, 0.3) is 0 Å². The number of hydrogen-bond donors (Lipinski definition) is 2. The third kappa shape index (κ3) is 4.18. The maximum Gasteiger partial charge on any atom is 0.0564 e. The lowest BCUT2D eigenvalue weighted by molar-refractivity contribution is 0.143. The molecule has 0 unspecified atom stereocenters. The van der Waals surface area contributed by atoms with Gasteiger partial charge in [0.2, 0.25) is 0 Å². The number of hydrogen-bond acceptors (Lipinski definition) is 4. The number of nitrogens with one attached hydrogen (secondary N) is 1. The van der Waals surface area contributed by atoms with E-state index >= 15 is 0 Å². The summed E-state index contributed by atoms with van der Waals surface area (Å²) in [5, 5.41) is 12.6. The molecular formula is C15H25N3O. The lowest BCUT2D eigenvalue weighted by atomic mass is 10.2. The number of aliphatic hydroxyl groups excluding tert-OH is 1. The second-order valence-corrected chi connectivity index (χ2v) is 5.20. The average Bonchev–Trinajstić information content (AvgIpc) is 2.93. The molecule has 1 aromatic rings. The van der Waals surface area contributed by atoms with E-state index in [1.54, 1.807) is 0 Å². The van der Waals surface area contributed by atoms with Gasteiger partial charge in [-0.25, -0.2) is 0 Å². The van der Waals surface area contributed by atoms with Crippen LogP contribution in [0.1, 0.15) is 38.3 Å². The summed E-state index contributed by atoms with van der Waals surface area (Å²) in [6.45, 7) is 4.83. The molecule has 19 heavy (non-hydrogen) atoms. The highest BCUT2D eigenvalue weighted by molar-refractivity contribution is 5.42. The molecule has 4 nitrogen and oxygen atoms in total. The Kier molecular flexibility index (Phi) is 5.61. The van der Waals surface area contributed by atoms with Crippen molar-refractivity contribution in [3.63, 3.8) is 0 Å². The first-order valence-corrected chi connectivity index (χ1v) is 7.37. The van der Waals surface area contributed by atoms with Gasteiger partial charge in [0.05, 0.1) is 12.3 Å². The van der Waals surface area contributed by atoms with Crippen molar-refractivity contribution in [1.82, 2.24) is 9.88 Å². The molecule has 0 amide bonds. The molecule has 0 aliphatic heterocycles. The second kappa shape index (κ2) is 7.46. The number of rotatable bonds is 7. The van der Waals surface area contributed by atoms with E-state index in [0.717, 1.165) is 31.0 Å². The van der Waals surface area contributed by atoms with Crippen molar-refractivity contribution in [3.8, 4) is 0 Å². The zero-order valence-corrected chi connectivity index (χ0v) is 11.8. The molecule has 0 radical (unpaired) electrons. The van der Waals surface area contributed by atoms with Gasteiger partial charge in [0, 0.05) is 37.6 Å². The van der Waals surface area contributed by atoms with E-state index < -0.39 is 0 Å². The first-order chi connectivity index (χ1) is 9.33. The van der Waals surface area contributed by atoms with Crippen LogP contribution in [0.15, 0.2) is 18.3 Å². The van der Waals surface area contributed by atoms with Crippen molar-refractivity contribution in [3.05, 3.63) is 24.0 Å². The predicted octanol–water partition coefficient (Wildman–Crippen LogP) is 2.25. The van der Waals surface area contributed by atoms with Crippen LogP contribution in [0.25, 0.3) is 0 Å². The zero-order chi connectivity index (χ0) is 13.5. The summed E-state index contributed by atoms with van der Waals surface area (Å²) < 4.78 is 0. The van der Waals surface area contributed by atoms with Crippen LogP contribution in [0.3, 0.4) is 0 Å². The van der Waals surface area contributed by atoms with Crippen molar-refractivity contribution >= 4 is 5.69 Å². The van der Waals surface area contributed by atoms with Crippen LogP contribution in [0, 0.1) is 0 Å². The van der Waals surface area contributed by atoms with Gasteiger partial charge in [0.1, 0.15) is 0 Å². The third-order valence-electron chi connectivity index (χ3n) is 3.79. The first kappa shape index (κ1) is 14.3. The Labute approximate surface area is 115 Å². The average molecular weight is 263 g/mol. The number of pyridine rings is 1. The molecule has 0 saturated heterocycles. The Bertz CT molecular complexity index is 377. The van der Waals surface area contributed by atoms with Crippen LogP contribution < -0.4 is 5.32 Å². The Balaban J connectivity index is 2.01. The van der Waals surface area contributed by atoms with Crippen molar-refractivity contribution in [2.24, 2.45) is 0 Å². The highest BCUT2D eigenvalue weighted by atomic mass is 16.3. The molecule has 1 aromatic heterocycles. The molecule has 0 bridgehead atoms. The van der Waals surface area contributed by atoms with Crippen molar-refractivity contribution in [1.29, 1.82) is 0 Å². The lowest BCUT2D eigenvalue weighted by Crippen LogP contribution is -2.35. The van der Waals surface area contributed by atoms with E-state index in [-0.39, 0.29) is 6.61 Å². The van der Waals surface area contributed by atoms with E-state index in [2.05, 4.69) is 28.2 Å². The number of anilines is 1. The summed E-state index contributed by atoms with van der Waals surface area (Å²) in [6, 6.07) is 4.73. The Morgan fingerprint density at radius 3 is 2.89 bits per heavy atom. The van der Waals surface area contributed by atoms with Gasteiger partial charge in [0.15, 0.2) is 0 Å². The van der Waals surface area contributed by atoms with Crippen LogP contribution >= 0.6 is 0 Å². The molecule has 0 spiro atoms. The maximum atomic E-state index is 9.24. The Morgan fingerprint density at radius 1 is 1.42 bits per heavy atom. The molecule has 1 fully saturated rings. The number of aromatic nitrogens is 1. The molecule has 2 N–H and O–H groups in total. The molecular weight excluding hydrogens is 238 g/mol. The van der Waals surface area contributed by atoms with Crippen LogP contribution in [-0.4, -0.2) is 40.7 Å². The van der Waals surface area contributed by atoms with Crippen molar-refractivity contribution in [2.75, 3.05) is 25.0 Å². The molecule has 1 aliphatic rings. The lowest BCUT2D eigenvalue weighted by Gasteiger charge is -2.27. The van der Waals surface area contributed by atoms with Gasteiger partial charge < -0.3 is 10.4 Å². The predicted molar refractivity (Wildman–Crippen MR) is 78.2 cm³/mol. The van der Waals surface area contributed by atoms with Crippen LogP contribution in [0.2, 0.25) is 0 Å². The largest absolute Gasteiger partial charge is 0.395 e. The third-order valence-corrected chi connectivity index (χ3v) is 3.79. The summed E-state index contributed by atoms with van der Waals surface area (Å²) in [4.78, 5) is 6.83. The first-order valence-electron chi connectivity index (χ1n) is 7.37. The minimum atomic E-state index is 0.226. The van der Waals surface area contributed by atoms with Crippen molar-refractivity contribution in [2.45, 2.75) is 45.2 Å². The van der Waals surface area contributed by atoms with Gasteiger partial charge >= 0.3 is 0 Å². The van der Waals surface area contributed by atoms with Gasteiger partial charge in [-0.15, -0.1) is 0 Å². The van der Waals surface area contributed by atoms with Crippen LogP contribution in [0.4, 0.5) is 5.69 Å². The van der Waals surface area contributed by atoms with E-state index in [9.17, 15) is 5.11 Å². The number of nitrogens with zero attached hydrogens (tertiary/aromatic N) is 2. The standard InChI is InChI=1S/C15H25N3O/c1-2-16-13-7-8-17-14(11-13)12-18(9-10-19)15-5-3-4-6-15/h7-8,11,15,19H,2-6,9-10,12H2,1H3,(H,16,17). The Morgan fingerprint density at radius 2 is 2.21 bits per heavy atom. The minimum absolute atomic E-state index is 0.226.